The van der Waals surface area contributed by atoms with Crippen molar-refractivity contribution in [1.29, 1.82) is 0 Å². The molecule has 1 aromatic rings. The van der Waals surface area contributed by atoms with Gasteiger partial charge < -0.3 is 14.4 Å². The molecular weight excluding hydrogens is 442 g/mol. The number of piperazine rings is 1. The predicted octanol–water partition coefficient (Wildman–Crippen LogP) is 1.22. The Morgan fingerprint density at radius 1 is 0.939 bits per heavy atom. The van der Waals surface area contributed by atoms with Crippen LogP contribution in [0.15, 0.2) is 17.2 Å². The smallest absolute Gasteiger partial charge is 0.270 e. The normalized spacial score (nSPS) is 21.6. The fraction of sp³-hybridized carbons (Fsp3) is 0.739. The van der Waals surface area contributed by atoms with Crippen LogP contribution in [0.25, 0.3) is 0 Å². The number of hydrogen-bond acceptors (Lipinski definition) is 5. The molecular formula is C23H37N5O4S. The summed E-state index contributed by atoms with van der Waals surface area (Å²) in [6.45, 7) is 8.70. The molecule has 184 valence electrons. The Kier molecular flexibility index (Phi) is 7.45. The number of nitrogens with zero attached hydrogens (tertiary/aromatic N) is 5. The second kappa shape index (κ2) is 10.1. The van der Waals surface area contributed by atoms with E-state index in [0.29, 0.717) is 31.6 Å². The van der Waals surface area contributed by atoms with E-state index >= 15 is 0 Å². The first-order valence-electron chi connectivity index (χ1n) is 12.3. The molecule has 3 aliphatic rings. The fourth-order valence-electron chi connectivity index (χ4n) is 5.23. The van der Waals surface area contributed by atoms with Crippen LogP contribution in [0.5, 0.6) is 0 Å². The van der Waals surface area contributed by atoms with Crippen molar-refractivity contribution in [3.8, 4) is 0 Å². The van der Waals surface area contributed by atoms with Gasteiger partial charge in [0.1, 0.15) is 10.6 Å². The molecule has 0 atom stereocenters. The van der Waals surface area contributed by atoms with E-state index in [1.54, 1.807) is 16.5 Å². The summed E-state index contributed by atoms with van der Waals surface area (Å²) in [6.07, 6.45) is 5.72. The van der Waals surface area contributed by atoms with Gasteiger partial charge in [-0.3, -0.25) is 14.5 Å². The summed E-state index contributed by atoms with van der Waals surface area (Å²) in [7, 11) is -1.98. The lowest BCUT2D eigenvalue weighted by Gasteiger charge is -2.38. The van der Waals surface area contributed by atoms with Crippen LogP contribution in [-0.2, 0) is 21.9 Å². The number of aryl methyl sites for hydroxylation is 1. The SMILES string of the molecule is CCCN1CCN(C(=O)C2CCN(S(=O)(=O)c3cc(C(=O)N4CCCC4)n(C)c3)CC2)CC1. The van der Waals surface area contributed by atoms with E-state index in [1.807, 2.05) is 4.90 Å². The summed E-state index contributed by atoms with van der Waals surface area (Å²) in [5, 5.41) is 0. The van der Waals surface area contributed by atoms with Gasteiger partial charge in [-0.2, -0.15) is 4.31 Å². The summed E-state index contributed by atoms with van der Waals surface area (Å²) in [6, 6.07) is 1.50. The van der Waals surface area contributed by atoms with Crippen molar-refractivity contribution in [1.82, 2.24) is 23.6 Å². The van der Waals surface area contributed by atoms with Gasteiger partial charge in [-0.1, -0.05) is 6.92 Å². The maximum absolute atomic E-state index is 13.3. The quantitative estimate of drug-likeness (QED) is 0.612. The lowest BCUT2D eigenvalue weighted by molar-refractivity contribution is -0.138. The second-order valence-corrected chi connectivity index (χ2v) is 11.5. The topological polar surface area (TPSA) is 86.2 Å². The largest absolute Gasteiger partial charge is 0.345 e. The van der Waals surface area contributed by atoms with Crippen molar-refractivity contribution < 1.29 is 18.0 Å². The molecule has 0 N–H and O–H groups in total. The number of likely N-dealkylation sites (tertiary alicyclic amines) is 1. The first-order valence-corrected chi connectivity index (χ1v) is 13.7. The van der Waals surface area contributed by atoms with Crippen molar-refractivity contribution in [3.05, 3.63) is 18.0 Å². The summed E-state index contributed by atoms with van der Waals surface area (Å²) >= 11 is 0. The van der Waals surface area contributed by atoms with Gasteiger partial charge in [0.15, 0.2) is 0 Å². The third-order valence-electron chi connectivity index (χ3n) is 7.26. The molecule has 0 aromatic carbocycles. The maximum atomic E-state index is 13.3. The van der Waals surface area contributed by atoms with E-state index in [2.05, 4.69) is 11.8 Å². The Balaban J connectivity index is 1.35. The molecule has 2 amide bonds. The van der Waals surface area contributed by atoms with Gasteiger partial charge in [0.2, 0.25) is 15.9 Å². The van der Waals surface area contributed by atoms with Gasteiger partial charge in [-0.15, -0.1) is 0 Å². The number of aromatic nitrogens is 1. The zero-order valence-electron chi connectivity index (χ0n) is 19.9. The summed E-state index contributed by atoms with van der Waals surface area (Å²) in [5.74, 6) is -0.0570. The van der Waals surface area contributed by atoms with Crippen LogP contribution in [0.4, 0.5) is 0 Å². The number of hydrogen-bond donors (Lipinski definition) is 0. The van der Waals surface area contributed by atoms with Crippen LogP contribution in [0, 0.1) is 5.92 Å². The lowest BCUT2D eigenvalue weighted by atomic mass is 9.96. The standard InChI is InChI=1S/C23H37N5O4S/c1-3-8-25-13-15-27(16-14-25)22(29)19-6-11-28(12-7-19)33(31,32)20-17-21(24(2)18-20)23(30)26-9-4-5-10-26/h17-19H,3-16H2,1-2H3. The van der Waals surface area contributed by atoms with Crippen molar-refractivity contribution in [3.63, 3.8) is 0 Å². The van der Waals surface area contributed by atoms with Crippen molar-refractivity contribution in [2.75, 3.05) is 58.9 Å². The first-order chi connectivity index (χ1) is 15.8. The highest BCUT2D eigenvalue weighted by Gasteiger charge is 2.35. The minimum absolute atomic E-state index is 0.111. The Bertz CT molecular complexity index is 953. The van der Waals surface area contributed by atoms with Crippen LogP contribution < -0.4 is 0 Å². The van der Waals surface area contributed by atoms with Crippen LogP contribution in [0.3, 0.4) is 0 Å². The van der Waals surface area contributed by atoms with Gasteiger partial charge in [-0.05, 0) is 44.7 Å². The highest BCUT2D eigenvalue weighted by atomic mass is 32.2. The van der Waals surface area contributed by atoms with Crippen LogP contribution in [-0.4, -0.2) is 103 Å². The number of sulfonamides is 1. The average Bonchev–Trinajstić information content (AvgIpc) is 3.49. The molecule has 9 nitrogen and oxygen atoms in total. The number of rotatable bonds is 6. The number of piperidine rings is 1. The molecule has 33 heavy (non-hydrogen) atoms. The molecule has 0 spiro atoms. The zero-order chi connectivity index (χ0) is 23.6. The van der Waals surface area contributed by atoms with E-state index in [-0.39, 0.29) is 22.6 Å². The number of carbonyl (C=O) groups is 2. The minimum atomic E-state index is -3.70. The van der Waals surface area contributed by atoms with Gasteiger partial charge in [0.25, 0.3) is 5.91 Å². The van der Waals surface area contributed by atoms with E-state index in [0.717, 1.165) is 65.1 Å². The molecule has 0 unspecified atom stereocenters. The Morgan fingerprint density at radius 2 is 1.58 bits per heavy atom. The fourth-order valence-corrected chi connectivity index (χ4v) is 6.77. The highest BCUT2D eigenvalue weighted by molar-refractivity contribution is 7.89. The third-order valence-corrected chi connectivity index (χ3v) is 9.12. The molecule has 0 saturated carbocycles. The van der Waals surface area contributed by atoms with E-state index < -0.39 is 10.0 Å². The molecule has 10 heteroatoms. The number of carbonyl (C=O) groups excluding carboxylic acids is 2. The molecule has 3 aliphatic heterocycles. The Labute approximate surface area is 197 Å². The predicted molar refractivity (Wildman–Crippen MR) is 125 cm³/mol. The van der Waals surface area contributed by atoms with E-state index in [4.69, 9.17) is 0 Å². The first kappa shape index (κ1) is 24.2. The van der Waals surface area contributed by atoms with Crippen LogP contribution in [0.2, 0.25) is 0 Å². The monoisotopic (exact) mass is 479 g/mol. The van der Waals surface area contributed by atoms with Crippen molar-refractivity contribution in [2.24, 2.45) is 13.0 Å². The Morgan fingerprint density at radius 3 is 2.18 bits per heavy atom. The van der Waals surface area contributed by atoms with Gasteiger partial charge in [0, 0.05) is 71.5 Å². The van der Waals surface area contributed by atoms with Gasteiger partial charge >= 0.3 is 0 Å². The van der Waals surface area contributed by atoms with E-state index in [1.165, 1.54) is 16.6 Å². The summed E-state index contributed by atoms with van der Waals surface area (Å²) < 4.78 is 29.6. The molecule has 3 fully saturated rings. The molecule has 0 aliphatic carbocycles. The maximum Gasteiger partial charge on any atom is 0.270 e. The molecule has 4 rings (SSSR count). The highest BCUT2D eigenvalue weighted by Crippen LogP contribution is 2.27. The molecule has 0 bridgehead atoms. The Hall–Kier alpha value is -1.91. The second-order valence-electron chi connectivity index (χ2n) is 9.52. The molecule has 4 heterocycles. The molecule has 1 aromatic heterocycles. The minimum Gasteiger partial charge on any atom is -0.345 e. The van der Waals surface area contributed by atoms with Crippen molar-refractivity contribution >= 4 is 21.8 Å². The zero-order valence-corrected chi connectivity index (χ0v) is 20.7. The third kappa shape index (κ3) is 5.12. The van der Waals surface area contributed by atoms with Crippen molar-refractivity contribution in [2.45, 2.75) is 43.9 Å². The number of amides is 2. The summed E-state index contributed by atoms with van der Waals surface area (Å²) in [4.78, 5) is 32.0. The lowest BCUT2D eigenvalue weighted by Crippen LogP contribution is -2.51. The summed E-state index contributed by atoms with van der Waals surface area (Å²) in [5.41, 5.74) is 0.405. The van der Waals surface area contributed by atoms with Gasteiger partial charge in [0.05, 0.1) is 0 Å². The molecule has 0 radical (unpaired) electrons. The van der Waals surface area contributed by atoms with Crippen LogP contribution >= 0.6 is 0 Å². The van der Waals surface area contributed by atoms with Crippen LogP contribution in [0.1, 0.15) is 49.5 Å². The average molecular weight is 480 g/mol. The molecule has 3 saturated heterocycles. The van der Waals surface area contributed by atoms with E-state index in [9.17, 15) is 18.0 Å². The van der Waals surface area contributed by atoms with Gasteiger partial charge in [-0.25, -0.2) is 8.42 Å².